The SMILES string of the molecule is CCOC(=O)c1c(NC(=O)C2CC(=O)N(C(C)C)C2)sc2c1CCS(=O)(=O)C2. The minimum atomic E-state index is -3.21. The minimum Gasteiger partial charge on any atom is -0.462 e. The zero-order valence-electron chi connectivity index (χ0n) is 16.1. The van der Waals surface area contributed by atoms with E-state index in [9.17, 15) is 22.8 Å². The Bertz CT molecular complexity index is 919. The van der Waals surface area contributed by atoms with E-state index >= 15 is 0 Å². The van der Waals surface area contributed by atoms with Crippen molar-refractivity contribution in [3.05, 3.63) is 16.0 Å². The molecule has 1 N–H and O–H groups in total. The number of fused-ring (bicyclic) bond motifs is 1. The summed E-state index contributed by atoms with van der Waals surface area (Å²) in [7, 11) is -3.21. The normalized spacial score (nSPS) is 20.9. The van der Waals surface area contributed by atoms with Crippen molar-refractivity contribution >= 4 is 44.0 Å². The number of rotatable bonds is 5. The van der Waals surface area contributed by atoms with E-state index in [1.54, 1.807) is 11.8 Å². The van der Waals surface area contributed by atoms with Crippen LogP contribution in [-0.4, -0.2) is 56.0 Å². The molecule has 2 amide bonds. The van der Waals surface area contributed by atoms with Crippen molar-refractivity contribution < 1.29 is 27.5 Å². The molecule has 0 radical (unpaired) electrons. The predicted molar refractivity (Wildman–Crippen MR) is 105 cm³/mol. The maximum atomic E-state index is 12.7. The highest BCUT2D eigenvalue weighted by atomic mass is 32.2. The lowest BCUT2D eigenvalue weighted by molar-refractivity contribution is -0.129. The van der Waals surface area contributed by atoms with Gasteiger partial charge in [-0.3, -0.25) is 9.59 Å². The fourth-order valence-corrected chi connectivity index (χ4v) is 6.59. The van der Waals surface area contributed by atoms with Gasteiger partial charge in [-0.15, -0.1) is 11.3 Å². The molecule has 0 aliphatic carbocycles. The first-order valence-corrected chi connectivity index (χ1v) is 11.9. The zero-order valence-corrected chi connectivity index (χ0v) is 17.7. The van der Waals surface area contributed by atoms with Crippen molar-refractivity contribution in [1.29, 1.82) is 0 Å². The highest BCUT2D eigenvalue weighted by Gasteiger charge is 2.37. The van der Waals surface area contributed by atoms with Gasteiger partial charge in [0.15, 0.2) is 9.84 Å². The van der Waals surface area contributed by atoms with Crippen LogP contribution in [0.2, 0.25) is 0 Å². The van der Waals surface area contributed by atoms with Gasteiger partial charge >= 0.3 is 5.97 Å². The number of hydrogen-bond donors (Lipinski definition) is 1. The second-order valence-corrected chi connectivity index (χ2v) is 10.6. The Hall–Kier alpha value is -1.94. The lowest BCUT2D eigenvalue weighted by Crippen LogP contribution is -2.33. The highest BCUT2D eigenvalue weighted by molar-refractivity contribution is 7.90. The molecule has 3 rings (SSSR count). The summed E-state index contributed by atoms with van der Waals surface area (Å²) >= 11 is 1.10. The predicted octanol–water partition coefficient (Wildman–Crippen LogP) is 1.59. The maximum absolute atomic E-state index is 12.7. The van der Waals surface area contributed by atoms with Gasteiger partial charge in [0.25, 0.3) is 0 Å². The van der Waals surface area contributed by atoms with Gasteiger partial charge in [0.05, 0.1) is 29.6 Å². The van der Waals surface area contributed by atoms with Crippen LogP contribution < -0.4 is 5.32 Å². The number of amides is 2. The number of carbonyl (C=O) groups excluding carboxylic acids is 3. The first-order chi connectivity index (χ1) is 13.1. The van der Waals surface area contributed by atoms with E-state index in [2.05, 4.69) is 5.32 Å². The number of carbonyl (C=O) groups is 3. The van der Waals surface area contributed by atoms with Crippen LogP contribution in [0.15, 0.2) is 0 Å². The largest absolute Gasteiger partial charge is 0.462 e. The van der Waals surface area contributed by atoms with Crippen molar-refractivity contribution in [2.24, 2.45) is 5.92 Å². The Morgan fingerprint density at radius 3 is 2.68 bits per heavy atom. The average molecular weight is 429 g/mol. The lowest BCUT2D eigenvalue weighted by atomic mass is 10.1. The molecular formula is C18H24N2O6S2. The van der Waals surface area contributed by atoms with Gasteiger partial charge in [-0.2, -0.15) is 0 Å². The number of nitrogens with one attached hydrogen (secondary N) is 1. The van der Waals surface area contributed by atoms with E-state index in [4.69, 9.17) is 4.74 Å². The molecule has 1 aromatic heterocycles. The third-order valence-corrected chi connectivity index (χ3v) is 7.86. The summed E-state index contributed by atoms with van der Waals surface area (Å²) in [5, 5.41) is 3.07. The molecule has 1 aromatic rings. The van der Waals surface area contributed by atoms with Crippen molar-refractivity contribution in [1.82, 2.24) is 4.90 Å². The summed E-state index contributed by atoms with van der Waals surface area (Å²) < 4.78 is 29.0. The van der Waals surface area contributed by atoms with Gasteiger partial charge in [-0.1, -0.05) is 0 Å². The number of nitrogens with zero attached hydrogens (tertiary/aromatic N) is 1. The second kappa shape index (κ2) is 7.82. The van der Waals surface area contributed by atoms with Crippen molar-refractivity contribution in [3.8, 4) is 0 Å². The molecular weight excluding hydrogens is 404 g/mol. The molecule has 1 unspecified atom stereocenters. The Morgan fingerprint density at radius 1 is 1.36 bits per heavy atom. The zero-order chi connectivity index (χ0) is 20.6. The van der Waals surface area contributed by atoms with Gasteiger partial charge in [0.2, 0.25) is 11.8 Å². The number of likely N-dealkylation sites (tertiary alicyclic amines) is 1. The molecule has 1 saturated heterocycles. The standard InChI is InChI=1S/C18H24N2O6S2/c1-4-26-18(23)15-12-5-6-28(24,25)9-13(12)27-17(15)19-16(22)11-7-14(21)20(8-11)10(2)3/h10-11H,4-9H2,1-3H3,(H,19,22). The Morgan fingerprint density at radius 2 is 2.07 bits per heavy atom. The Balaban J connectivity index is 1.87. The fourth-order valence-electron chi connectivity index (χ4n) is 3.55. The van der Waals surface area contributed by atoms with Gasteiger partial charge < -0.3 is 15.0 Å². The van der Waals surface area contributed by atoms with Crippen LogP contribution in [0, 0.1) is 5.92 Å². The van der Waals surface area contributed by atoms with Crippen molar-refractivity contribution in [2.75, 3.05) is 24.2 Å². The Labute approximate surface area is 168 Å². The summed E-state index contributed by atoms with van der Waals surface area (Å²) in [6.07, 6.45) is 0.347. The first kappa shape index (κ1) is 20.8. The molecule has 2 aliphatic rings. The molecule has 0 saturated carbocycles. The van der Waals surface area contributed by atoms with E-state index in [1.165, 1.54) is 0 Å². The van der Waals surface area contributed by atoms with E-state index in [1.807, 2.05) is 13.8 Å². The summed E-state index contributed by atoms with van der Waals surface area (Å²) in [5.41, 5.74) is 0.884. The molecule has 154 valence electrons. The average Bonchev–Trinajstić information content (AvgIpc) is 3.14. The number of sulfone groups is 1. The van der Waals surface area contributed by atoms with E-state index in [0.717, 1.165) is 11.3 Å². The molecule has 0 spiro atoms. The van der Waals surface area contributed by atoms with Gasteiger partial charge in [-0.05, 0) is 32.8 Å². The van der Waals surface area contributed by atoms with Crippen LogP contribution in [0.5, 0.6) is 0 Å². The van der Waals surface area contributed by atoms with Crippen LogP contribution in [0.4, 0.5) is 5.00 Å². The van der Waals surface area contributed by atoms with Gasteiger partial charge in [0, 0.05) is 23.9 Å². The number of esters is 1. The number of anilines is 1. The smallest absolute Gasteiger partial charge is 0.341 e. The third kappa shape index (κ3) is 4.07. The van der Waals surface area contributed by atoms with Gasteiger partial charge in [0.1, 0.15) is 5.00 Å². The molecule has 1 atom stereocenters. The van der Waals surface area contributed by atoms with Crippen LogP contribution >= 0.6 is 11.3 Å². The molecule has 10 heteroatoms. The summed E-state index contributed by atoms with van der Waals surface area (Å²) in [6.45, 7) is 5.98. The molecule has 28 heavy (non-hydrogen) atoms. The number of hydrogen-bond acceptors (Lipinski definition) is 7. The first-order valence-electron chi connectivity index (χ1n) is 9.25. The molecule has 1 fully saturated rings. The molecule has 0 bridgehead atoms. The number of ether oxygens (including phenoxy) is 1. The van der Waals surface area contributed by atoms with Crippen LogP contribution in [0.3, 0.4) is 0 Å². The van der Waals surface area contributed by atoms with E-state index in [0.29, 0.717) is 22.0 Å². The van der Waals surface area contributed by atoms with Crippen molar-refractivity contribution in [3.63, 3.8) is 0 Å². The minimum absolute atomic E-state index is 0.0136. The molecule has 0 aromatic carbocycles. The molecule has 2 aliphatic heterocycles. The van der Waals surface area contributed by atoms with Crippen molar-refractivity contribution in [2.45, 2.75) is 45.4 Å². The summed E-state index contributed by atoms with van der Waals surface area (Å²) in [4.78, 5) is 39.5. The van der Waals surface area contributed by atoms with E-state index < -0.39 is 21.7 Å². The highest BCUT2D eigenvalue weighted by Crippen LogP contribution is 2.39. The van der Waals surface area contributed by atoms with Crippen LogP contribution in [-0.2, 0) is 36.3 Å². The summed E-state index contributed by atoms with van der Waals surface area (Å²) in [5.74, 6) is -1.66. The maximum Gasteiger partial charge on any atom is 0.341 e. The quantitative estimate of drug-likeness (QED) is 0.713. The molecule has 3 heterocycles. The van der Waals surface area contributed by atoms with E-state index in [-0.39, 0.29) is 54.4 Å². The summed E-state index contributed by atoms with van der Waals surface area (Å²) in [6, 6.07) is 0.0136. The lowest BCUT2D eigenvalue weighted by Gasteiger charge is -2.20. The number of thiophene rings is 1. The van der Waals surface area contributed by atoms with Crippen LogP contribution in [0.1, 0.15) is 48.0 Å². The Kier molecular flexibility index (Phi) is 5.81. The second-order valence-electron chi connectivity index (χ2n) is 7.30. The fraction of sp³-hybridized carbons (Fsp3) is 0.611. The van der Waals surface area contributed by atoms with Gasteiger partial charge in [-0.25, -0.2) is 13.2 Å². The third-order valence-electron chi connectivity index (χ3n) is 4.97. The van der Waals surface area contributed by atoms with Crippen LogP contribution in [0.25, 0.3) is 0 Å². The molecule has 8 nitrogen and oxygen atoms in total. The monoisotopic (exact) mass is 428 g/mol. The topological polar surface area (TPSA) is 110 Å².